The van der Waals surface area contributed by atoms with E-state index in [9.17, 15) is 0 Å². The minimum absolute atomic E-state index is 0. The van der Waals surface area contributed by atoms with Crippen LogP contribution in [0.4, 0.5) is 0 Å². The fourth-order valence-electron chi connectivity index (χ4n) is 3.34. The van der Waals surface area contributed by atoms with Crippen LogP contribution in [0.2, 0.25) is 19.6 Å². The van der Waals surface area contributed by atoms with E-state index in [1.807, 2.05) is 94.5 Å². The first-order valence-electron chi connectivity index (χ1n) is 14.1. The summed E-state index contributed by atoms with van der Waals surface area (Å²) >= 11 is 0. The van der Waals surface area contributed by atoms with E-state index in [4.69, 9.17) is 12.8 Å². The van der Waals surface area contributed by atoms with E-state index in [0.717, 1.165) is 5.56 Å². The molecule has 0 nitrogen and oxygen atoms in total. The van der Waals surface area contributed by atoms with Crippen molar-refractivity contribution >= 4 is 31.9 Å². The largest absolute Gasteiger partial charge is 4.00 e. The molecule has 0 aromatic heterocycles. The molecule has 0 N–H and O–H groups in total. The molecule has 0 spiro atoms. The average molecular weight is 697 g/mol. The molecule has 4 aromatic rings. The van der Waals surface area contributed by atoms with E-state index in [1.54, 1.807) is 0 Å². The third-order valence-electron chi connectivity index (χ3n) is 5.45. The Kier molecular flexibility index (Phi) is 25.7. The van der Waals surface area contributed by atoms with Crippen molar-refractivity contribution in [1.29, 1.82) is 0 Å². The SMILES string of the molecule is [C-]#C[Si](C)(C)C.[C-]#Cc1ccccc1.[CH]1[CH][CH][CH][CH]1.[CH]1[CH][CH][CH][CH]1.[Ni].[Ti+4].c1ccc(P(c2ccccc2)c2ccccc2)cc1. The fourth-order valence-corrected chi connectivity index (χ4v) is 5.65. The van der Waals surface area contributed by atoms with Gasteiger partial charge in [0.25, 0.3) is 0 Å². The third kappa shape index (κ3) is 20.6. The van der Waals surface area contributed by atoms with Gasteiger partial charge in [0.2, 0.25) is 0 Å². The van der Waals surface area contributed by atoms with Crippen LogP contribution in [0.25, 0.3) is 0 Å². The quantitative estimate of drug-likeness (QED) is 0.0872. The van der Waals surface area contributed by atoms with Crippen LogP contribution < -0.4 is 15.9 Å². The topological polar surface area (TPSA) is 0 Å². The van der Waals surface area contributed by atoms with E-state index in [0.29, 0.717) is 0 Å². The molecular formula is C41H39NiPSiTi+2. The van der Waals surface area contributed by atoms with Crippen molar-refractivity contribution in [3.8, 4) is 11.5 Å². The zero-order valence-electron chi connectivity index (χ0n) is 26.1. The molecule has 4 aromatic carbocycles. The second-order valence-corrected chi connectivity index (χ2v) is 17.1. The van der Waals surface area contributed by atoms with Gasteiger partial charge in [0.05, 0.1) is 8.07 Å². The van der Waals surface area contributed by atoms with Crippen LogP contribution >= 0.6 is 7.92 Å². The zero-order valence-corrected chi connectivity index (χ0v) is 30.5. The molecule has 0 saturated heterocycles. The first-order chi connectivity index (χ1) is 20.9. The van der Waals surface area contributed by atoms with Gasteiger partial charge in [-0.05, 0) is 88.0 Å². The second-order valence-electron chi connectivity index (χ2n) is 10.1. The molecule has 2 aliphatic rings. The first kappa shape index (κ1) is 42.9. The minimum Gasteiger partial charge on any atom is -0.701 e. The maximum atomic E-state index is 6.69. The number of benzene rings is 4. The number of hydrogen-bond acceptors (Lipinski definition) is 0. The Bertz CT molecular complexity index is 1180. The summed E-state index contributed by atoms with van der Waals surface area (Å²) in [5.74, 6) is 2.28. The molecular weight excluding hydrogens is 658 g/mol. The van der Waals surface area contributed by atoms with Gasteiger partial charge in [-0.1, -0.05) is 129 Å². The summed E-state index contributed by atoms with van der Waals surface area (Å²) in [5, 5.41) is 4.19. The summed E-state index contributed by atoms with van der Waals surface area (Å²) in [6.07, 6.45) is 33.4. The molecule has 2 saturated carbocycles. The van der Waals surface area contributed by atoms with E-state index in [2.05, 4.69) is 122 Å². The van der Waals surface area contributed by atoms with Gasteiger partial charge in [0.15, 0.2) is 0 Å². The molecule has 2 aliphatic carbocycles. The van der Waals surface area contributed by atoms with Crippen molar-refractivity contribution in [2.75, 3.05) is 0 Å². The molecule has 45 heavy (non-hydrogen) atoms. The van der Waals surface area contributed by atoms with Crippen LogP contribution in [0.5, 0.6) is 0 Å². The Balaban J connectivity index is 0.000000617. The zero-order chi connectivity index (χ0) is 31.0. The van der Waals surface area contributed by atoms with E-state index in [-0.39, 0.29) is 38.2 Å². The molecule has 4 heteroatoms. The van der Waals surface area contributed by atoms with Gasteiger partial charge in [-0.15, -0.1) is 17.7 Å². The van der Waals surface area contributed by atoms with Gasteiger partial charge in [-0.25, -0.2) is 0 Å². The molecule has 0 aliphatic heterocycles. The molecule has 6 rings (SSSR count). The van der Waals surface area contributed by atoms with E-state index >= 15 is 0 Å². The van der Waals surface area contributed by atoms with E-state index in [1.165, 1.54) is 15.9 Å². The van der Waals surface area contributed by atoms with Crippen molar-refractivity contribution in [2.24, 2.45) is 0 Å². The van der Waals surface area contributed by atoms with Gasteiger partial charge in [-0.2, -0.15) is 0 Å². The van der Waals surface area contributed by atoms with Crippen molar-refractivity contribution < 1.29 is 38.2 Å². The molecule has 10 radical (unpaired) electrons. The van der Waals surface area contributed by atoms with Gasteiger partial charge in [-0.3, -0.25) is 5.92 Å². The van der Waals surface area contributed by atoms with E-state index < -0.39 is 16.0 Å². The monoisotopic (exact) mass is 696 g/mol. The van der Waals surface area contributed by atoms with Gasteiger partial charge >= 0.3 is 21.7 Å². The van der Waals surface area contributed by atoms with Crippen LogP contribution in [0, 0.1) is 88.5 Å². The Hall–Kier alpha value is -2.15. The molecule has 2 fully saturated rings. The van der Waals surface area contributed by atoms with Crippen molar-refractivity contribution in [3.05, 3.63) is 204 Å². The second kappa shape index (κ2) is 27.0. The molecule has 0 unspecified atom stereocenters. The predicted molar refractivity (Wildman–Crippen MR) is 191 cm³/mol. The van der Waals surface area contributed by atoms with Crippen molar-refractivity contribution in [3.63, 3.8) is 0 Å². The summed E-state index contributed by atoms with van der Waals surface area (Å²) in [6.45, 7) is 6.25. The van der Waals surface area contributed by atoms with Crippen LogP contribution in [0.3, 0.4) is 0 Å². The normalized spacial score (nSPS) is 12.6. The minimum atomic E-state index is -1.21. The Labute approximate surface area is 303 Å². The molecule has 0 bridgehead atoms. The summed E-state index contributed by atoms with van der Waals surface area (Å²) in [5.41, 5.74) is 3.32. The summed E-state index contributed by atoms with van der Waals surface area (Å²) in [4.78, 5) is 0. The van der Waals surface area contributed by atoms with Crippen LogP contribution in [0.15, 0.2) is 121 Å². The number of hydrogen-bond donors (Lipinski definition) is 0. The summed E-state index contributed by atoms with van der Waals surface area (Å²) in [7, 11) is -1.66. The first-order valence-corrected chi connectivity index (χ1v) is 19.0. The van der Waals surface area contributed by atoms with Gasteiger partial charge in [0, 0.05) is 16.5 Å². The molecule has 0 amide bonds. The Morgan fingerprint density at radius 1 is 0.444 bits per heavy atom. The molecule has 0 heterocycles. The van der Waals surface area contributed by atoms with Gasteiger partial charge < -0.3 is 18.4 Å². The standard InChI is InChI=1S/C18H15P.C8H5.C5H9Si.2C5H5.Ni.Ti/c1-4-10-16(11-5-1)19(17-12-6-2-7-13-17)18-14-8-3-9-15-18;1-2-8-6-4-3-5-7-8;1-5-6(2,3)4;2*1-2-4-5-3-1;;/h1-15H;3-7H;2-4H3;2*1-5H;;/q;2*-1;;;;+4. The summed E-state index contributed by atoms with van der Waals surface area (Å²) < 4.78 is 0. The van der Waals surface area contributed by atoms with Crippen LogP contribution in [-0.2, 0) is 38.2 Å². The Morgan fingerprint density at radius 3 is 0.844 bits per heavy atom. The predicted octanol–water partition coefficient (Wildman–Crippen LogP) is 8.56. The van der Waals surface area contributed by atoms with Crippen LogP contribution in [-0.4, -0.2) is 8.07 Å². The van der Waals surface area contributed by atoms with Crippen molar-refractivity contribution in [2.45, 2.75) is 19.6 Å². The third-order valence-corrected chi connectivity index (χ3v) is 8.64. The van der Waals surface area contributed by atoms with Crippen molar-refractivity contribution in [1.82, 2.24) is 0 Å². The maximum Gasteiger partial charge on any atom is 4.00 e. The molecule has 0 atom stereocenters. The number of rotatable bonds is 3. The molecule has 224 valence electrons. The average Bonchev–Trinajstić information content (AvgIpc) is 3.84. The fraction of sp³-hybridized carbons (Fsp3) is 0.0732. The smallest absolute Gasteiger partial charge is 0.701 e. The van der Waals surface area contributed by atoms with Crippen LogP contribution in [0.1, 0.15) is 5.56 Å². The maximum absolute atomic E-state index is 6.69. The Morgan fingerprint density at radius 2 is 0.667 bits per heavy atom. The summed E-state index contributed by atoms with van der Waals surface area (Å²) in [6, 6.07) is 41.7. The van der Waals surface area contributed by atoms with Gasteiger partial charge in [0.1, 0.15) is 0 Å².